The molecule has 4 rings (SSSR count). The average Bonchev–Trinajstić information content (AvgIpc) is 3.24. The first-order chi connectivity index (χ1) is 12.7. The SMILES string of the molecule is O=C1N=C(c2ccccc2)OC1CCC1OC(c2ccccc2)=NC1=O. The molecule has 0 bridgehead atoms. The van der Waals surface area contributed by atoms with E-state index in [1.54, 1.807) is 0 Å². The minimum atomic E-state index is -0.692. The van der Waals surface area contributed by atoms with Crippen LogP contribution in [-0.2, 0) is 19.1 Å². The standard InChI is InChI=1S/C20H16N2O4/c23-17-15(25-19(21-17)13-7-3-1-4-8-13)11-12-16-18(24)22-20(26-16)14-9-5-2-6-10-14/h1-10,15-16H,11-12H2. The molecule has 130 valence electrons. The molecule has 2 amide bonds. The van der Waals surface area contributed by atoms with Crippen molar-refractivity contribution in [1.29, 1.82) is 0 Å². The highest BCUT2D eigenvalue weighted by Gasteiger charge is 2.34. The van der Waals surface area contributed by atoms with E-state index in [-0.39, 0.29) is 11.8 Å². The first kappa shape index (κ1) is 16.2. The zero-order valence-corrected chi connectivity index (χ0v) is 13.9. The van der Waals surface area contributed by atoms with Gasteiger partial charge in [-0.15, -0.1) is 0 Å². The number of carbonyl (C=O) groups excluding carboxylic acids is 2. The lowest BCUT2D eigenvalue weighted by atomic mass is 10.1. The van der Waals surface area contributed by atoms with Gasteiger partial charge in [0.15, 0.2) is 12.2 Å². The summed E-state index contributed by atoms with van der Waals surface area (Å²) in [5.74, 6) is -0.0296. The van der Waals surface area contributed by atoms with Crippen LogP contribution in [0.3, 0.4) is 0 Å². The molecule has 2 unspecified atom stereocenters. The van der Waals surface area contributed by atoms with E-state index in [9.17, 15) is 9.59 Å². The van der Waals surface area contributed by atoms with E-state index in [2.05, 4.69) is 9.98 Å². The fraction of sp³-hybridized carbons (Fsp3) is 0.200. The number of nitrogens with zero attached hydrogens (tertiary/aromatic N) is 2. The molecular weight excluding hydrogens is 332 g/mol. The van der Waals surface area contributed by atoms with Gasteiger partial charge < -0.3 is 9.47 Å². The van der Waals surface area contributed by atoms with Crippen LogP contribution in [0.2, 0.25) is 0 Å². The molecule has 0 spiro atoms. The van der Waals surface area contributed by atoms with Gasteiger partial charge in [-0.2, -0.15) is 9.98 Å². The molecule has 6 nitrogen and oxygen atoms in total. The van der Waals surface area contributed by atoms with Gasteiger partial charge in [0.1, 0.15) is 0 Å². The smallest absolute Gasteiger partial charge is 0.290 e. The maximum atomic E-state index is 12.1. The topological polar surface area (TPSA) is 77.3 Å². The first-order valence-electron chi connectivity index (χ1n) is 8.40. The number of hydrogen-bond donors (Lipinski definition) is 0. The lowest BCUT2D eigenvalue weighted by Crippen LogP contribution is -2.24. The van der Waals surface area contributed by atoms with Crippen molar-refractivity contribution in [1.82, 2.24) is 0 Å². The van der Waals surface area contributed by atoms with Crippen LogP contribution in [0.25, 0.3) is 0 Å². The predicted octanol–water partition coefficient (Wildman–Crippen LogP) is 2.51. The molecule has 2 aliphatic heterocycles. The zero-order chi connectivity index (χ0) is 17.9. The lowest BCUT2D eigenvalue weighted by molar-refractivity contribution is -0.125. The van der Waals surface area contributed by atoms with E-state index >= 15 is 0 Å². The number of carbonyl (C=O) groups is 2. The van der Waals surface area contributed by atoms with Crippen molar-refractivity contribution in [2.75, 3.05) is 0 Å². The predicted molar refractivity (Wildman–Crippen MR) is 95.0 cm³/mol. The molecule has 2 aromatic rings. The molecule has 0 N–H and O–H groups in total. The third kappa shape index (κ3) is 3.26. The van der Waals surface area contributed by atoms with Crippen LogP contribution in [0.1, 0.15) is 24.0 Å². The molecule has 2 heterocycles. The Kier molecular flexibility index (Phi) is 4.31. The van der Waals surface area contributed by atoms with Crippen LogP contribution in [0.5, 0.6) is 0 Å². The van der Waals surface area contributed by atoms with Crippen molar-refractivity contribution in [2.24, 2.45) is 9.98 Å². The second kappa shape index (κ2) is 6.92. The molecular formula is C20H16N2O4. The van der Waals surface area contributed by atoms with Gasteiger partial charge in [0.05, 0.1) is 0 Å². The summed E-state index contributed by atoms with van der Waals surface area (Å²) in [6.45, 7) is 0. The van der Waals surface area contributed by atoms with Crippen molar-refractivity contribution in [3.8, 4) is 0 Å². The maximum Gasteiger partial charge on any atom is 0.290 e. The van der Waals surface area contributed by atoms with Crippen LogP contribution in [0.15, 0.2) is 70.6 Å². The van der Waals surface area contributed by atoms with Crippen LogP contribution >= 0.6 is 0 Å². The maximum absolute atomic E-state index is 12.1. The fourth-order valence-electron chi connectivity index (χ4n) is 2.86. The van der Waals surface area contributed by atoms with Crippen molar-refractivity contribution >= 4 is 23.6 Å². The van der Waals surface area contributed by atoms with E-state index in [4.69, 9.17) is 9.47 Å². The monoisotopic (exact) mass is 348 g/mol. The van der Waals surface area contributed by atoms with Gasteiger partial charge in [-0.05, 0) is 37.1 Å². The summed E-state index contributed by atoms with van der Waals surface area (Å²) in [5, 5.41) is 0. The van der Waals surface area contributed by atoms with Gasteiger partial charge in [-0.1, -0.05) is 36.4 Å². The molecule has 2 aromatic carbocycles. The highest BCUT2D eigenvalue weighted by Crippen LogP contribution is 2.22. The van der Waals surface area contributed by atoms with Gasteiger partial charge in [-0.25, -0.2) is 0 Å². The van der Waals surface area contributed by atoms with Crippen LogP contribution in [0, 0.1) is 0 Å². The Morgan fingerprint density at radius 2 is 1.04 bits per heavy atom. The van der Waals surface area contributed by atoms with Gasteiger partial charge in [0, 0.05) is 11.1 Å². The van der Waals surface area contributed by atoms with E-state index in [1.165, 1.54) is 0 Å². The summed E-state index contributed by atoms with van der Waals surface area (Å²) in [6, 6.07) is 18.5. The second-order valence-electron chi connectivity index (χ2n) is 6.03. The number of benzene rings is 2. The minimum Gasteiger partial charge on any atom is -0.464 e. The lowest BCUT2D eigenvalue weighted by Gasteiger charge is -2.13. The van der Waals surface area contributed by atoms with Crippen molar-refractivity contribution in [3.05, 3.63) is 71.8 Å². The molecule has 26 heavy (non-hydrogen) atoms. The summed E-state index contributed by atoms with van der Waals surface area (Å²) in [6.07, 6.45) is -0.705. The van der Waals surface area contributed by atoms with E-state index < -0.39 is 12.2 Å². The van der Waals surface area contributed by atoms with Crippen molar-refractivity contribution in [3.63, 3.8) is 0 Å². The summed E-state index contributed by atoms with van der Waals surface area (Å²) >= 11 is 0. The summed E-state index contributed by atoms with van der Waals surface area (Å²) in [7, 11) is 0. The molecule has 2 aliphatic rings. The van der Waals surface area contributed by atoms with Crippen LogP contribution < -0.4 is 0 Å². The van der Waals surface area contributed by atoms with Gasteiger partial charge >= 0.3 is 0 Å². The molecule has 0 saturated heterocycles. The Hall–Kier alpha value is -3.28. The molecule has 0 fully saturated rings. The normalized spacial score (nSPS) is 21.8. The van der Waals surface area contributed by atoms with Gasteiger partial charge in [-0.3, -0.25) is 9.59 Å². The number of ether oxygens (including phenoxy) is 2. The summed E-state index contributed by atoms with van der Waals surface area (Å²) in [5.41, 5.74) is 1.51. The van der Waals surface area contributed by atoms with Crippen LogP contribution in [-0.4, -0.2) is 35.8 Å². The molecule has 0 aliphatic carbocycles. The van der Waals surface area contributed by atoms with Gasteiger partial charge in [0.25, 0.3) is 11.8 Å². The molecule has 2 atom stereocenters. The second-order valence-corrected chi connectivity index (χ2v) is 6.03. The Labute approximate surface area is 150 Å². The fourth-order valence-corrected chi connectivity index (χ4v) is 2.86. The zero-order valence-electron chi connectivity index (χ0n) is 13.9. The molecule has 6 heteroatoms. The third-order valence-corrected chi connectivity index (χ3v) is 4.21. The first-order valence-corrected chi connectivity index (χ1v) is 8.40. The number of rotatable bonds is 5. The summed E-state index contributed by atoms with van der Waals surface area (Å²) < 4.78 is 11.3. The van der Waals surface area contributed by atoms with Crippen molar-refractivity contribution < 1.29 is 19.1 Å². The highest BCUT2D eigenvalue weighted by molar-refractivity contribution is 6.08. The van der Waals surface area contributed by atoms with Crippen molar-refractivity contribution in [2.45, 2.75) is 25.0 Å². The molecule has 0 radical (unpaired) electrons. The van der Waals surface area contributed by atoms with Crippen LogP contribution in [0.4, 0.5) is 0 Å². The quantitative estimate of drug-likeness (QED) is 0.832. The van der Waals surface area contributed by atoms with E-state index in [0.717, 1.165) is 11.1 Å². The number of aliphatic imine (C=N–C) groups is 2. The third-order valence-electron chi connectivity index (χ3n) is 4.21. The van der Waals surface area contributed by atoms with E-state index in [0.29, 0.717) is 24.6 Å². The molecule has 0 aromatic heterocycles. The Bertz CT molecular complexity index is 815. The number of hydrogen-bond acceptors (Lipinski definition) is 4. The summed E-state index contributed by atoms with van der Waals surface area (Å²) in [4.78, 5) is 32.1. The Balaban J connectivity index is 1.35. The average molecular weight is 348 g/mol. The largest absolute Gasteiger partial charge is 0.464 e. The molecule has 0 saturated carbocycles. The van der Waals surface area contributed by atoms with E-state index in [1.807, 2.05) is 60.7 Å². The Morgan fingerprint density at radius 3 is 1.42 bits per heavy atom. The highest BCUT2D eigenvalue weighted by atomic mass is 16.5. The number of amides is 2. The Morgan fingerprint density at radius 1 is 0.654 bits per heavy atom. The van der Waals surface area contributed by atoms with Gasteiger partial charge in [0.2, 0.25) is 11.8 Å². The minimum absolute atomic E-state index is 0.320.